The lowest BCUT2D eigenvalue weighted by Gasteiger charge is -2.19. The number of rotatable bonds is 8. The molecule has 1 rings (SSSR count). The van der Waals surface area contributed by atoms with E-state index in [0.29, 0.717) is 13.0 Å². The van der Waals surface area contributed by atoms with Crippen molar-refractivity contribution in [1.82, 2.24) is 4.90 Å². The first-order chi connectivity index (χ1) is 9.43. The molecule has 0 aliphatic carbocycles. The Hall–Kier alpha value is -1.36. The third kappa shape index (κ3) is 5.33. The number of carboxylic acid groups (broad SMARTS) is 1. The van der Waals surface area contributed by atoms with Gasteiger partial charge in [0.15, 0.2) is 0 Å². The number of thiophene rings is 1. The minimum absolute atomic E-state index is 0.0566. The van der Waals surface area contributed by atoms with Gasteiger partial charge in [0, 0.05) is 22.7 Å². The number of hydrogen-bond donors (Lipinski definition) is 1. The van der Waals surface area contributed by atoms with Crippen LogP contribution in [0.15, 0.2) is 6.07 Å². The Morgan fingerprint density at radius 3 is 2.55 bits per heavy atom. The molecule has 1 heterocycles. The van der Waals surface area contributed by atoms with Gasteiger partial charge in [-0.15, -0.1) is 11.3 Å². The highest BCUT2D eigenvalue weighted by Crippen LogP contribution is 2.22. The van der Waals surface area contributed by atoms with Crippen molar-refractivity contribution in [2.45, 2.75) is 46.5 Å². The molecule has 0 spiro atoms. The fourth-order valence-corrected chi connectivity index (χ4v) is 3.22. The number of aliphatic carboxylic acids is 1. The highest BCUT2D eigenvalue weighted by atomic mass is 32.1. The summed E-state index contributed by atoms with van der Waals surface area (Å²) < 4.78 is 0. The molecule has 1 amide bonds. The number of carbonyl (C=O) groups excluding carboxylic acids is 1. The van der Waals surface area contributed by atoms with Crippen LogP contribution in [0.5, 0.6) is 0 Å². The number of carbonyl (C=O) groups is 2. The summed E-state index contributed by atoms with van der Waals surface area (Å²) in [6.07, 6.45) is 2.86. The summed E-state index contributed by atoms with van der Waals surface area (Å²) >= 11 is 1.78. The molecule has 0 atom stereocenters. The van der Waals surface area contributed by atoms with Gasteiger partial charge in [-0.2, -0.15) is 0 Å². The summed E-state index contributed by atoms with van der Waals surface area (Å²) in [5.74, 6) is -1.00. The molecule has 1 aromatic heterocycles. The van der Waals surface area contributed by atoms with Gasteiger partial charge in [0.1, 0.15) is 6.54 Å². The van der Waals surface area contributed by atoms with Gasteiger partial charge in [-0.25, -0.2) is 0 Å². The summed E-state index contributed by atoms with van der Waals surface area (Å²) in [5, 5.41) is 8.81. The van der Waals surface area contributed by atoms with Crippen molar-refractivity contribution in [3.63, 3.8) is 0 Å². The number of carboxylic acids is 1. The molecule has 0 saturated carbocycles. The summed E-state index contributed by atoms with van der Waals surface area (Å²) in [5.41, 5.74) is 1.31. The SMILES string of the molecule is CCCN(CC(=O)O)C(=O)CCCc1cc(C)sc1C. The summed E-state index contributed by atoms with van der Waals surface area (Å²) in [6.45, 7) is 6.45. The summed E-state index contributed by atoms with van der Waals surface area (Å²) in [6, 6.07) is 2.17. The molecule has 1 aromatic rings. The maximum Gasteiger partial charge on any atom is 0.323 e. The number of nitrogens with zero attached hydrogens (tertiary/aromatic N) is 1. The minimum Gasteiger partial charge on any atom is -0.480 e. The van der Waals surface area contributed by atoms with Crippen molar-refractivity contribution in [2.24, 2.45) is 0 Å². The van der Waals surface area contributed by atoms with Crippen molar-refractivity contribution in [1.29, 1.82) is 0 Å². The van der Waals surface area contributed by atoms with E-state index in [1.165, 1.54) is 20.2 Å². The van der Waals surface area contributed by atoms with E-state index in [2.05, 4.69) is 19.9 Å². The first-order valence-electron chi connectivity index (χ1n) is 6.99. The Balaban J connectivity index is 2.44. The average Bonchev–Trinajstić information content (AvgIpc) is 2.67. The van der Waals surface area contributed by atoms with Crippen molar-refractivity contribution >= 4 is 23.2 Å². The topological polar surface area (TPSA) is 57.6 Å². The van der Waals surface area contributed by atoms with Crippen LogP contribution in [0.1, 0.15) is 41.5 Å². The molecule has 0 aliphatic rings. The zero-order valence-electron chi connectivity index (χ0n) is 12.4. The van der Waals surface area contributed by atoms with Gasteiger partial charge in [-0.3, -0.25) is 9.59 Å². The Kier molecular flexibility index (Phi) is 6.71. The van der Waals surface area contributed by atoms with E-state index in [4.69, 9.17) is 5.11 Å². The van der Waals surface area contributed by atoms with E-state index in [0.717, 1.165) is 19.3 Å². The molecular formula is C15H23NO3S. The van der Waals surface area contributed by atoms with Crippen LogP contribution in [-0.2, 0) is 16.0 Å². The molecule has 20 heavy (non-hydrogen) atoms. The fraction of sp³-hybridized carbons (Fsp3) is 0.600. The predicted octanol–water partition coefficient (Wildman–Crippen LogP) is 3.01. The molecular weight excluding hydrogens is 274 g/mol. The molecule has 4 nitrogen and oxygen atoms in total. The Labute approximate surface area is 124 Å². The first-order valence-corrected chi connectivity index (χ1v) is 7.81. The lowest BCUT2D eigenvalue weighted by atomic mass is 10.1. The van der Waals surface area contributed by atoms with Crippen molar-refractivity contribution in [3.8, 4) is 0 Å². The lowest BCUT2D eigenvalue weighted by molar-refractivity contribution is -0.144. The third-order valence-electron chi connectivity index (χ3n) is 3.15. The van der Waals surface area contributed by atoms with Crippen molar-refractivity contribution in [3.05, 3.63) is 21.4 Å². The molecule has 0 radical (unpaired) electrons. The first kappa shape index (κ1) is 16.7. The monoisotopic (exact) mass is 297 g/mol. The Morgan fingerprint density at radius 2 is 2.05 bits per heavy atom. The molecule has 0 aliphatic heterocycles. The zero-order valence-corrected chi connectivity index (χ0v) is 13.3. The van der Waals surface area contributed by atoms with Gasteiger partial charge < -0.3 is 10.0 Å². The van der Waals surface area contributed by atoms with Crippen LogP contribution in [0.4, 0.5) is 0 Å². The smallest absolute Gasteiger partial charge is 0.323 e. The number of hydrogen-bond acceptors (Lipinski definition) is 3. The van der Waals surface area contributed by atoms with Crippen molar-refractivity contribution < 1.29 is 14.7 Å². The van der Waals surface area contributed by atoms with E-state index < -0.39 is 5.97 Å². The number of amides is 1. The van der Waals surface area contributed by atoms with Crippen LogP contribution < -0.4 is 0 Å². The van der Waals surface area contributed by atoms with Crippen LogP contribution in [0.25, 0.3) is 0 Å². The summed E-state index contributed by atoms with van der Waals surface area (Å²) in [4.78, 5) is 26.8. The second-order valence-corrected chi connectivity index (χ2v) is 6.46. The predicted molar refractivity (Wildman–Crippen MR) is 81.2 cm³/mol. The van der Waals surface area contributed by atoms with Gasteiger partial charge in [0.05, 0.1) is 0 Å². The molecule has 112 valence electrons. The van der Waals surface area contributed by atoms with Gasteiger partial charge in [-0.1, -0.05) is 6.92 Å². The normalized spacial score (nSPS) is 10.6. The highest BCUT2D eigenvalue weighted by molar-refractivity contribution is 7.12. The molecule has 0 aromatic carbocycles. The molecule has 0 bridgehead atoms. The van der Waals surface area contributed by atoms with E-state index in [9.17, 15) is 9.59 Å². The van der Waals surface area contributed by atoms with E-state index >= 15 is 0 Å². The van der Waals surface area contributed by atoms with Crippen LogP contribution in [0.3, 0.4) is 0 Å². The van der Waals surface area contributed by atoms with E-state index in [1.54, 1.807) is 11.3 Å². The molecule has 0 unspecified atom stereocenters. The van der Waals surface area contributed by atoms with Gasteiger partial charge in [0.2, 0.25) is 5.91 Å². The van der Waals surface area contributed by atoms with Gasteiger partial charge in [0.25, 0.3) is 0 Å². The highest BCUT2D eigenvalue weighted by Gasteiger charge is 2.15. The molecule has 0 saturated heterocycles. The van der Waals surface area contributed by atoms with Crippen molar-refractivity contribution in [2.75, 3.05) is 13.1 Å². The largest absolute Gasteiger partial charge is 0.480 e. The molecule has 1 N–H and O–H groups in total. The average molecular weight is 297 g/mol. The number of aryl methyl sites for hydroxylation is 3. The van der Waals surface area contributed by atoms with Crippen LogP contribution >= 0.6 is 11.3 Å². The minimum atomic E-state index is -0.948. The Morgan fingerprint density at radius 1 is 1.35 bits per heavy atom. The zero-order chi connectivity index (χ0) is 15.1. The second-order valence-electron chi connectivity index (χ2n) is 5.00. The molecule has 5 heteroatoms. The maximum absolute atomic E-state index is 12.0. The standard InChI is InChI=1S/C15H23NO3S/c1-4-8-16(10-15(18)19)14(17)7-5-6-13-9-11(2)20-12(13)3/h9H,4-8,10H2,1-3H3,(H,18,19). The third-order valence-corrected chi connectivity index (χ3v) is 4.16. The quantitative estimate of drug-likeness (QED) is 0.802. The van der Waals surface area contributed by atoms with E-state index in [-0.39, 0.29) is 12.5 Å². The van der Waals surface area contributed by atoms with Crippen LogP contribution in [0, 0.1) is 13.8 Å². The fourth-order valence-electron chi connectivity index (χ4n) is 2.24. The molecule has 0 fully saturated rings. The second kappa shape index (κ2) is 8.04. The van der Waals surface area contributed by atoms with Gasteiger partial charge >= 0.3 is 5.97 Å². The maximum atomic E-state index is 12.0. The Bertz CT molecular complexity index is 468. The lowest BCUT2D eigenvalue weighted by Crippen LogP contribution is -2.36. The van der Waals surface area contributed by atoms with E-state index in [1.807, 2.05) is 6.92 Å². The van der Waals surface area contributed by atoms with Crippen LogP contribution in [0.2, 0.25) is 0 Å². The van der Waals surface area contributed by atoms with Gasteiger partial charge in [-0.05, 0) is 44.7 Å². The summed E-state index contributed by atoms with van der Waals surface area (Å²) in [7, 11) is 0. The van der Waals surface area contributed by atoms with Crippen LogP contribution in [-0.4, -0.2) is 35.0 Å².